The summed E-state index contributed by atoms with van der Waals surface area (Å²) in [5.74, 6) is 0. The molecule has 1 aliphatic rings. The number of nitrogens with zero attached hydrogens (tertiary/aromatic N) is 2. The first-order chi connectivity index (χ1) is 8.81. The molecule has 0 aromatic heterocycles. The van der Waals surface area contributed by atoms with Crippen LogP contribution in [-0.2, 0) is 4.74 Å². The van der Waals surface area contributed by atoms with Crippen molar-refractivity contribution in [3.63, 3.8) is 0 Å². The minimum atomic E-state index is -0.472. The first-order valence-corrected chi connectivity index (χ1v) is 6.50. The number of allylic oxidation sites excluding steroid dienone is 1. The minimum absolute atomic E-state index is 0.0553. The molecule has 0 bridgehead atoms. The van der Waals surface area contributed by atoms with E-state index in [1.807, 2.05) is 20.8 Å². The van der Waals surface area contributed by atoms with Gasteiger partial charge in [0.2, 0.25) is 0 Å². The molecule has 6 nitrogen and oxygen atoms in total. The quantitative estimate of drug-likeness (QED) is 0.736. The first kappa shape index (κ1) is 15.3. The van der Waals surface area contributed by atoms with Crippen molar-refractivity contribution in [2.75, 3.05) is 13.1 Å². The third-order valence-electron chi connectivity index (χ3n) is 2.68. The van der Waals surface area contributed by atoms with Gasteiger partial charge in [-0.1, -0.05) is 0 Å². The van der Waals surface area contributed by atoms with E-state index in [1.165, 1.54) is 6.20 Å². The second kappa shape index (κ2) is 6.45. The Morgan fingerprint density at radius 2 is 2.16 bits per heavy atom. The van der Waals surface area contributed by atoms with Crippen molar-refractivity contribution in [3.8, 4) is 0 Å². The largest absolute Gasteiger partial charge is 0.444 e. The number of nitrogens with two attached hydrogens (primary N) is 2. The topological polar surface area (TPSA) is 93.9 Å². The van der Waals surface area contributed by atoms with Crippen LogP contribution in [0.2, 0.25) is 0 Å². The van der Waals surface area contributed by atoms with Crippen LogP contribution in [0.3, 0.4) is 0 Å². The van der Waals surface area contributed by atoms with E-state index in [0.717, 1.165) is 12.8 Å². The summed E-state index contributed by atoms with van der Waals surface area (Å²) >= 11 is 0. The molecule has 1 aliphatic heterocycles. The molecule has 1 unspecified atom stereocenters. The number of likely N-dealkylation sites (tertiary alicyclic amines) is 1. The van der Waals surface area contributed by atoms with Crippen molar-refractivity contribution in [1.82, 2.24) is 4.90 Å². The van der Waals surface area contributed by atoms with E-state index in [0.29, 0.717) is 18.8 Å². The van der Waals surface area contributed by atoms with Gasteiger partial charge in [-0.25, -0.2) is 4.79 Å². The lowest BCUT2D eigenvalue weighted by atomic mass is 10.1. The summed E-state index contributed by atoms with van der Waals surface area (Å²) in [6.07, 6.45) is 4.41. The van der Waals surface area contributed by atoms with E-state index in [4.69, 9.17) is 16.2 Å². The van der Waals surface area contributed by atoms with Gasteiger partial charge in [0.05, 0.1) is 11.7 Å². The summed E-state index contributed by atoms with van der Waals surface area (Å²) in [6.45, 7) is 6.85. The Bertz CT molecular complexity index is 371. The molecule has 1 amide bonds. The van der Waals surface area contributed by atoms with Crippen LogP contribution in [-0.4, -0.2) is 41.9 Å². The zero-order chi connectivity index (χ0) is 14.5. The summed E-state index contributed by atoms with van der Waals surface area (Å²) in [6, 6.07) is 0.0553. The highest BCUT2D eigenvalue weighted by atomic mass is 16.6. The van der Waals surface area contributed by atoms with Gasteiger partial charge in [0.25, 0.3) is 0 Å². The molecule has 1 heterocycles. The Hall–Kier alpha value is -1.72. The van der Waals surface area contributed by atoms with Gasteiger partial charge in [0, 0.05) is 25.5 Å². The average Bonchev–Trinajstić information content (AvgIpc) is 2.34. The van der Waals surface area contributed by atoms with Crippen LogP contribution >= 0.6 is 0 Å². The lowest BCUT2D eigenvalue weighted by Crippen LogP contribution is -2.44. The van der Waals surface area contributed by atoms with Gasteiger partial charge in [-0.05, 0) is 33.6 Å². The molecule has 0 aliphatic carbocycles. The zero-order valence-corrected chi connectivity index (χ0v) is 11.9. The van der Waals surface area contributed by atoms with Crippen LogP contribution in [0.25, 0.3) is 0 Å². The monoisotopic (exact) mass is 268 g/mol. The normalized spacial score (nSPS) is 21.7. The fraction of sp³-hybridized carbons (Fsp3) is 0.692. The molecule has 0 radical (unpaired) electrons. The number of carbonyl (C=O) groups excluding carboxylic acids is 1. The Labute approximate surface area is 114 Å². The van der Waals surface area contributed by atoms with Gasteiger partial charge in [0.1, 0.15) is 5.60 Å². The Morgan fingerprint density at radius 1 is 1.47 bits per heavy atom. The molecule has 1 rings (SSSR count). The highest BCUT2D eigenvalue weighted by Gasteiger charge is 2.27. The highest BCUT2D eigenvalue weighted by molar-refractivity contribution is 5.77. The lowest BCUT2D eigenvalue weighted by molar-refractivity contribution is 0.0201. The lowest BCUT2D eigenvalue weighted by Gasteiger charge is -2.32. The number of hydrogen-bond acceptors (Lipinski definition) is 5. The van der Waals surface area contributed by atoms with Gasteiger partial charge in [-0.15, -0.1) is 0 Å². The number of amides is 1. The molecule has 1 fully saturated rings. The SMILES string of the molecule is CC(C)(C)OC(=O)N1CCCC(N=C/C(N)=C\N)C1. The van der Waals surface area contributed by atoms with Crippen molar-refractivity contribution in [2.45, 2.75) is 45.3 Å². The van der Waals surface area contributed by atoms with Gasteiger partial charge in [-0.3, -0.25) is 4.99 Å². The Morgan fingerprint density at radius 3 is 2.74 bits per heavy atom. The van der Waals surface area contributed by atoms with Crippen LogP contribution in [0.1, 0.15) is 33.6 Å². The van der Waals surface area contributed by atoms with Crippen molar-refractivity contribution in [2.24, 2.45) is 16.5 Å². The van der Waals surface area contributed by atoms with Gasteiger partial charge in [-0.2, -0.15) is 0 Å². The third kappa shape index (κ3) is 5.63. The standard InChI is InChI=1S/C13H24N4O2/c1-13(2,3)19-12(18)17-6-4-5-11(9-17)16-8-10(15)7-14/h7-8,11H,4-6,9,14-15H2,1-3H3/b10-7+,16-8?. The Kier molecular flexibility index (Phi) is 5.20. The maximum Gasteiger partial charge on any atom is 0.410 e. The molecule has 19 heavy (non-hydrogen) atoms. The van der Waals surface area contributed by atoms with E-state index in [9.17, 15) is 4.79 Å². The van der Waals surface area contributed by atoms with Crippen LogP contribution in [0.5, 0.6) is 0 Å². The summed E-state index contributed by atoms with van der Waals surface area (Å²) in [5.41, 5.74) is 10.8. The summed E-state index contributed by atoms with van der Waals surface area (Å²) in [7, 11) is 0. The second-order valence-electron chi connectivity index (χ2n) is 5.67. The van der Waals surface area contributed by atoms with E-state index in [1.54, 1.807) is 11.1 Å². The number of hydrogen-bond donors (Lipinski definition) is 2. The third-order valence-corrected chi connectivity index (χ3v) is 2.68. The van der Waals surface area contributed by atoms with Crippen molar-refractivity contribution in [1.29, 1.82) is 0 Å². The van der Waals surface area contributed by atoms with E-state index in [-0.39, 0.29) is 12.1 Å². The molecule has 0 aromatic rings. The number of carbonyl (C=O) groups is 1. The smallest absolute Gasteiger partial charge is 0.410 e. The molecule has 1 atom stereocenters. The van der Waals surface area contributed by atoms with Crippen molar-refractivity contribution >= 4 is 12.3 Å². The second-order valence-corrected chi connectivity index (χ2v) is 5.67. The Balaban J connectivity index is 2.55. The molecule has 0 aromatic carbocycles. The maximum absolute atomic E-state index is 11.9. The first-order valence-electron chi connectivity index (χ1n) is 6.50. The predicted molar refractivity (Wildman–Crippen MR) is 75.8 cm³/mol. The van der Waals surface area contributed by atoms with Gasteiger partial charge in [0.15, 0.2) is 0 Å². The number of piperidine rings is 1. The summed E-state index contributed by atoms with van der Waals surface area (Å²) < 4.78 is 5.35. The summed E-state index contributed by atoms with van der Waals surface area (Å²) in [4.78, 5) is 18.0. The number of aliphatic imine (C=N–C) groups is 1. The molecule has 4 N–H and O–H groups in total. The molecular formula is C13H24N4O2. The predicted octanol–water partition coefficient (Wildman–Crippen LogP) is 1.22. The fourth-order valence-electron chi connectivity index (χ4n) is 1.80. The number of rotatable bonds is 2. The molecule has 108 valence electrons. The average molecular weight is 268 g/mol. The van der Waals surface area contributed by atoms with Crippen LogP contribution < -0.4 is 11.5 Å². The van der Waals surface area contributed by atoms with E-state index < -0.39 is 5.60 Å². The molecule has 1 saturated heterocycles. The van der Waals surface area contributed by atoms with Crippen molar-refractivity contribution in [3.05, 3.63) is 11.9 Å². The van der Waals surface area contributed by atoms with Crippen LogP contribution in [0, 0.1) is 0 Å². The zero-order valence-electron chi connectivity index (χ0n) is 11.9. The molecule has 6 heteroatoms. The van der Waals surface area contributed by atoms with Gasteiger partial charge < -0.3 is 21.1 Å². The highest BCUT2D eigenvalue weighted by Crippen LogP contribution is 2.16. The number of ether oxygens (including phenoxy) is 1. The van der Waals surface area contributed by atoms with Crippen LogP contribution in [0.4, 0.5) is 4.79 Å². The van der Waals surface area contributed by atoms with Crippen LogP contribution in [0.15, 0.2) is 16.9 Å². The van der Waals surface area contributed by atoms with Gasteiger partial charge >= 0.3 is 6.09 Å². The summed E-state index contributed by atoms with van der Waals surface area (Å²) in [5, 5.41) is 0. The van der Waals surface area contributed by atoms with E-state index >= 15 is 0 Å². The minimum Gasteiger partial charge on any atom is -0.444 e. The fourth-order valence-corrected chi connectivity index (χ4v) is 1.80. The van der Waals surface area contributed by atoms with E-state index in [2.05, 4.69) is 4.99 Å². The van der Waals surface area contributed by atoms with Crippen molar-refractivity contribution < 1.29 is 9.53 Å². The molecular weight excluding hydrogens is 244 g/mol. The maximum atomic E-state index is 11.9. The molecule has 0 saturated carbocycles. The molecule has 0 spiro atoms.